The van der Waals surface area contributed by atoms with E-state index in [9.17, 15) is 10.2 Å². The van der Waals surface area contributed by atoms with Crippen LogP contribution in [-0.2, 0) is 6.54 Å². The van der Waals surface area contributed by atoms with Crippen LogP contribution in [0.2, 0.25) is 0 Å². The zero-order chi connectivity index (χ0) is 12.5. The first-order valence-electron chi connectivity index (χ1n) is 6.20. The van der Waals surface area contributed by atoms with Gasteiger partial charge in [0.2, 0.25) is 0 Å². The molecule has 1 fully saturated rings. The summed E-state index contributed by atoms with van der Waals surface area (Å²) in [6.07, 6.45) is 2.37. The fraction of sp³-hybridized carbons (Fsp3) is 0.571. The molecule has 2 rings (SSSR count). The molecule has 0 aliphatic heterocycles. The standard InChI is InChI=1S/C14H21NO2/c1-10-4-3-5-11(13(10)17)8-15-14(2,9-16)12-6-7-12/h3-5,12,15-17H,6-9H2,1-2H3. The summed E-state index contributed by atoms with van der Waals surface area (Å²) >= 11 is 0. The molecule has 0 radical (unpaired) electrons. The largest absolute Gasteiger partial charge is 0.507 e. The van der Waals surface area contributed by atoms with Crippen molar-refractivity contribution in [2.24, 2.45) is 5.92 Å². The summed E-state index contributed by atoms with van der Waals surface area (Å²) in [5.41, 5.74) is 1.57. The molecule has 3 N–H and O–H groups in total. The fourth-order valence-electron chi connectivity index (χ4n) is 2.21. The van der Waals surface area contributed by atoms with Crippen LogP contribution in [0.3, 0.4) is 0 Å². The number of para-hydroxylation sites is 1. The minimum Gasteiger partial charge on any atom is -0.507 e. The SMILES string of the molecule is Cc1cccc(CNC(C)(CO)C2CC2)c1O. The lowest BCUT2D eigenvalue weighted by Crippen LogP contribution is -2.47. The maximum absolute atomic E-state index is 9.92. The van der Waals surface area contributed by atoms with Crippen LogP contribution in [-0.4, -0.2) is 22.4 Å². The minimum atomic E-state index is -0.212. The van der Waals surface area contributed by atoms with Crippen molar-refractivity contribution in [3.05, 3.63) is 29.3 Å². The molecule has 1 saturated carbocycles. The molecule has 0 aromatic heterocycles. The first-order chi connectivity index (χ1) is 8.07. The van der Waals surface area contributed by atoms with Gasteiger partial charge in [-0.3, -0.25) is 0 Å². The summed E-state index contributed by atoms with van der Waals surface area (Å²) < 4.78 is 0. The Bertz CT molecular complexity index is 401. The number of rotatable bonds is 5. The first kappa shape index (κ1) is 12.4. The maximum atomic E-state index is 9.92. The van der Waals surface area contributed by atoms with Crippen molar-refractivity contribution < 1.29 is 10.2 Å². The van der Waals surface area contributed by atoms with E-state index in [2.05, 4.69) is 12.2 Å². The van der Waals surface area contributed by atoms with Gasteiger partial charge in [0, 0.05) is 17.6 Å². The van der Waals surface area contributed by atoms with E-state index in [1.807, 2.05) is 25.1 Å². The number of phenolic OH excluding ortho intramolecular Hbond substituents is 1. The Hall–Kier alpha value is -1.06. The molecule has 94 valence electrons. The van der Waals surface area contributed by atoms with Gasteiger partial charge in [-0.05, 0) is 38.2 Å². The van der Waals surface area contributed by atoms with E-state index in [1.54, 1.807) is 0 Å². The van der Waals surface area contributed by atoms with E-state index in [0.29, 0.717) is 18.2 Å². The normalized spacial score (nSPS) is 19.0. The average molecular weight is 235 g/mol. The van der Waals surface area contributed by atoms with E-state index >= 15 is 0 Å². The molecule has 0 spiro atoms. The Labute approximate surface area is 102 Å². The molecule has 1 aromatic carbocycles. The second-order valence-electron chi connectivity index (χ2n) is 5.29. The lowest BCUT2D eigenvalue weighted by Gasteiger charge is -2.29. The highest BCUT2D eigenvalue weighted by molar-refractivity contribution is 5.39. The Morgan fingerprint density at radius 2 is 2.12 bits per heavy atom. The summed E-state index contributed by atoms with van der Waals surface area (Å²) in [6, 6.07) is 5.75. The third-order valence-corrected chi connectivity index (χ3v) is 3.81. The molecular formula is C14H21NO2. The van der Waals surface area contributed by atoms with Crippen LogP contribution in [0.15, 0.2) is 18.2 Å². The predicted molar refractivity (Wildman–Crippen MR) is 67.9 cm³/mol. The summed E-state index contributed by atoms with van der Waals surface area (Å²) in [5, 5.41) is 22.8. The molecule has 1 aromatic rings. The van der Waals surface area contributed by atoms with Crippen molar-refractivity contribution in [3.8, 4) is 5.75 Å². The van der Waals surface area contributed by atoms with E-state index in [-0.39, 0.29) is 12.1 Å². The molecule has 1 atom stereocenters. The highest BCUT2D eigenvalue weighted by atomic mass is 16.3. The molecule has 0 bridgehead atoms. The van der Waals surface area contributed by atoms with Crippen LogP contribution < -0.4 is 5.32 Å². The van der Waals surface area contributed by atoms with Crippen molar-refractivity contribution in [2.45, 2.75) is 38.8 Å². The monoisotopic (exact) mass is 235 g/mol. The molecule has 3 heteroatoms. The number of aliphatic hydroxyl groups is 1. The smallest absolute Gasteiger partial charge is 0.122 e. The highest BCUT2D eigenvalue weighted by Gasteiger charge is 2.40. The van der Waals surface area contributed by atoms with Crippen LogP contribution in [0.1, 0.15) is 30.9 Å². The van der Waals surface area contributed by atoms with E-state index < -0.39 is 0 Å². The molecule has 0 heterocycles. The topological polar surface area (TPSA) is 52.5 Å². The summed E-state index contributed by atoms with van der Waals surface area (Å²) in [7, 11) is 0. The van der Waals surface area contributed by atoms with Crippen molar-refractivity contribution in [1.82, 2.24) is 5.32 Å². The Balaban J connectivity index is 2.04. The third-order valence-electron chi connectivity index (χ3n) is 3.81. The summed E-state index contributed by atoms with van der Waals surface area (Å²) in [5.74, 6) is 0.926. The van der Waals surface area contributed by atoms with Gasteiger partial charge in [0.15, 0.2) is 0 Å². The lowest BCUT2D eigenvalue weighted by atomic mass is 9.96. The Morgan fingerprint density at radius 1 is 1.41 bits per heavy atom. The van der Waals surface area contributed by atoms with Crippen LogP contribution in [0.5, 0.6) is 5.75 Å². The molecule has 0 saturated heterocycles. The van der Waals surface area contributed by atoms with Gasteiger partial charge in [0.1, 0.15) is 5.75 Å². The van der Waals surface area contributed by atoms with Crippen LogP contribution in [0.4, 0.5) is 0 Å². The number of hydrogen-bond donors (Lipinski definition) is 3. The average Bonchev–Trinajstić information content (AvgIpc) is 3.15. The van der Waals surface area contributed by atoms with Gasteiger partial charge < -0.3 is 15.5 Å². The molecule has 17 heavy (non-hydrogen) atoms. The van der Waals surface area contributed by atoms with E-state index in [4.69, 9.17) is 0 Å². The number of aryl methyl sites for hydroxylation is 1. The van der Waals surface area contributed by atoms with Gasteiger partial charge in [-0.2, -0.15) is 0 Å². The zero-order valence-corrected chi connectivity index (χ0v) is 10.5. The first-order valence-corrected chi connectivity index (χ1v) is 6.20. The number of nitrogens with one attached hydrogen (secondary N) is 1. The molecular weight excluding hydrogens is 214 g/mol. The van der Waals surface area contributed by atoms with Crippen molar-refractivity contribution in [1.29, 1.82) is 0 Å². The fourth-order valence-corrected chi connectivity index (χ4v) is 2.21. The number of hydrogen-bond acceptors (Lipinski definition) is 3. The Kier molecular flexibility index (Phi) is 3.40. The molecule has 1 aliphatic carbocycles. The molecule has 1 aliphatic rings. The maximum Gasteiger partial charge on any atom is 0.122 e. The van der Waals surface area contributed by atoms with Crippen LogP contribution in [0.25, 0.3) is 0 Å². The van der Waals surface area contributed by atoms with Crippen LogP contribution in [0, 0.1) is 12.8 Å². The van der Waals surface area contributed by atoms with E-state index in [0.717, 1.165) is 11.1 Å². The van der Waals surface area contributed by atoms with Gasteiger partial charge in [-0.15, -0.1) is 0 Å². The summed E-state index contributed by atoms with van der Waals surface area (Å²) in [4.78, 5) is 0. The van der Waals surface area contributed by atoms with Gasteiger partial charge >= 0.3 is 0 Å². The zero-order valence-electron chi connectivity index (χ0n) is 10.5. The number of phenols is 1. The van der Waals surface area contributed by atoms with Gasteiger partial charge in [0.05, 0.1) is 6.61 Å². The number of aliphatic hydroxyl groups excluding tert-OH is 1. The lowest BCUT2D eigenvalue weighted by molar-refractivity contribution is 0.153. The Morgan fingerprint density at radius 3 is 2.71 bits per heavy atom. The predicted octanol–water partition coefficient (Wildman–Crippen LogP) is 1.95. The van der Waals surface area contributed by atoms with Gasteiger partial charge in [-0.1, -0.05) is 18.2 Å². The second kappa shape index (κ2) is 4.67. The van der Waals surface area contributed by atoms with Crippen molar-refractivity contribution in [3.63, 3.8) is 0 Å². The third kappa shape index (κ3) is 2.61. The van der Waals surface area contributed by atoms with Crippen molar-refractivity contribution >= 4 is 0 Å². The number of aromatic hydroxyl groups is 1. The molecule has 3 nitrogen and oxygen atoms in total. The molecule has 1 unspecified atom stereocenters. The van der Waals surface area contributed by atoms with Gasteiger partial charge in [-0.25, -0.2) is 0 Å². The van der Waals surface area contributed by atoms with Gasteiger partial charge in [0.25, 0.3) is 0 Å². The highest BCUT2D eigenvalue weighted by Crippen LogP contribution is 2.39. The summed E-state index contributed by atoms with van der Waals surface area (Å²) in [6.45, 7) is 4.69. The minimum absolute atomic E-state index is 0.143. The second-order valence-corrected chi connectivity index (χ2v) is 5.29. The van der Waals surface area contributed by atoms with Crippen LogP contribution >= 0.6 is 0 Å². The van der Waals surface area contributed by atoms with E-state index in [1.165, 1.54) is 12.8 Å². The molecule has 0 amide bonds. The van der Waals surface area contributed by atoms with Crippen molar-refractivity contribution in [2.75, 3.05) is 6.61 Å². The number of benzene rings is 1. The quantitative estimate of drug-likeness (QED) is 0.731.